The van der Waals surface area contributed by atoms with Gasteiger partial charge < -0.3 is 10.6 Å². The zero-order valence-electron chi connectivity index (χ0n) is 12.8. The maximum absolute atomic E-state index is 4.71. The molecule has 3 nitrogen and oxygen atoms in total. The van der Waals surface area contributed by atoms with E-state index in [4.69, 9.17) is 4.99 Å². The van der Waals surface area contributed by atoms with Crippen molar-refractivity contribution >= 4 is 17.3 Å². The van der Waals surface area contributed by atoms with Crippen LogP contribution in [0.15, 0.2) is 22.5 Å². The summed E-state index contributed by atoms with van der Waals surface area (Å²) in [4.78, 5) is 6.10. The molecule has 0 saturated heterocycles. The molecule has 0 aliphatic heterocycles. The summed E-state index contributed by atoms with van der Waals surface area (Å²) in [5.41, 5.74) is 0.0916. The summed E-state index contributed by atoms with van der Waals surface area (Å²) in [6.07, 6.45) is 0. The highest BCUT2D eigenvalue weighted by atomic mass is 32.1. The molecule has 0 aliphatic carbocycles. The number of guanidine groups is 1. The summed E-state index contributed by atoms with van der Waals surface area (Å²) in [6, 6.07) is 4.29. The Morgan fingerprint density at radius 2 is 2.11 bits per heavy atom. The zero-order valence-corrected chi connectivity index (χ0v) is 13.6. The third kappa shape index (κ3) is 5.64. The van der Waals surface area contributed by atoms with Crippen LogP contribution >= 0.6 is 11.3 Å². The minimum Gasteiger partial charge on any atom is -0.357 e. The molecule has 0 amide bonds. The molecule has 0 spiro atoms. The number of aliphatic imine (C=N–C) groups is 1. The molecule has 0 fully saturated rings. The lowest BCUT2D eigenvalue weighted by Gasteiger charge is -2.22. The first-order valence-electron chi connectivity index (χ1n) is 7.02. The Labute approximate surface area is 121 Å². The van der Waals surface area contributed by atoms with Crippen molar-refractivity contribution in [3.63, 3.8) is 0 Å². The van der Waals surface area contributed by atoms with E-state index in [0.29, 0.717) is 5.92 Å². The van der Waals surface area contributed by atoms with Crippen LogP contribution in [0.1, 0.15) is 39.5 Å². The summed E-state index contributed by atoms with van der Waals surface area (Å²) < 4.78 is 0. The lowest BCUT2D eigenvalue weighted by Crippen LogP contribution is -2.40. The molecule has 0 atom stereocenters. The molecule has 0 radical (unpaired) electrons. The van der Waals surface area contributed by atoms with E-state index in [1.807, 2.05) is 0 Å². The topological polar surface area (TPSA) is 36.4 Å². The predicted octanol–water partition coefficient (Wildman–Crippen LogP) is 3.24. The molecule has 0 unspecified atom stereocenters. The van der Waals surface area contributed by atoms with Crippen LogP contribution in [0.2, 0.25) is 0 Å². The number of hydrogen-bond acceptors (Lipinski definition) is 2. The standard InChI is InChI=1S/C15H27N3S/c1-6-16-14(17-10-12(2)3)18-11-15(4,5)13-8-7-9-19-13/h7-9,12H,6,10-11H2,1-5H3,(H2,16,17,18). The van der Waals surface area contributed by atoms with Crippen LogP contribution in [-0.2, 0) is 5.41 Å². The second-order valence-electron chi connectivity index (χ2n) is 5.83. The van der Waals surface area contributed by atoms with Crippen LogP contribution in [-0.4, -0.2) is 25.6 Å². The van der Waals surface area contributed by atoms with Crippen molar-refractivity contribution in [2.24, 2.45) is 10.9 Å². The summed E-state index contributed by atoms with van der Waals surface area (Å²) in [7, 11) is 0. The van der Waals surface area contributed by atoms with E-state index < -0.39 is 0 Å². The van der Waals surface area contributed by atoms with Gasteiger partial charge in [0.05, 0.1) is 6.54 Å². The zero-order chi connectivity index (χ0) is 14.3. The number of nitrogens with zero attached hydrogens (tertiary/aromatic N) is 1. The number of thiophene rings is 1. The first-order chi connectivity index (χ1) is 8.95. The van der Waals surface area contributed by atoms with Gasteiger partial charge in [-0.15, -0.1) is 11.3 Å². The molecule has 0 aliphatic rings. The van der Waals surface area contributed by atoms with Crippen LogP contribution < -0.4 is 10.6 Å². The summed E-state index contributed by atoms with van der Waals surface area (Å²) in [6.45, 7) is 13.6. The Bertz CT molecular complexity index is 380. The SMILES string of the molecule is CCNC(=NCC(C)(C)c1cccs1)NCC(C)C. The summed E-state index contributed by atoms with van der Waals surface area (Å²) in [5, 5.41) is 8.81. The first-order valence-corrected chi connectivity index (χ1v) is 7.90. The third-order valence-electron chi connectivity index (χ3n) is 2.84. The monoisotopic (exact) mass is 281 g/mol. The molecule has 0 bridgehead atoms. The highest BCUT2D eigenvalue weighted by Gasteiger charge is 2.21. The van der Waals surface area contributed by atoms with E-state index in [0.717, 1.165) is 25.6 Å². The van der Waals surface area contributed by atoms with E-state index in [-0.39, 0.29) is 5.41 Å². The summed E-state index contributed by atoms with van der Waals surface area (Å²) >= 11 is 1.80. The quantitative estimate of drug-likeness (QED) is 0.620. The van der Waals surface area contributed by atoms with Gasteiger partial charge in [0, 0.05) is 23.4 Å². The van der Waals surface area contributed by atoms with Crippen LogP contribution in [0.5, 0.6) is 0 Å². The molecule has 1 rings (SSSR count). The highest BCUT2D eigenvalue weighted by Crippen LogP contribution is 2.27. The van der Waals surface area contributed by atoms with Gasteiger partial charge in [0.25, 0.3) is 0 Å². The van der Waals surface area contributed by atoms with Crippen molar-refractivity contribution in [1.29, 1.82) is 0 Å². The fraction of sp³-hybridized carbons (Fsp3) is 0.667. The second-order valence-corrected chi connectivity index (χ2v) is 6.78. The minimum atomic E-state index is 0.0916. The van der Waals surface area contributed by atoms with Gasteiger partial charge in [-0.25, -0.2) is 0 Å². The molecule has 0 aromatic carbocycles. The van der Waals surface area contributed by atoms with Gasteiger partial charge in [-0.1, -0.05) is 33.8 Å². The Hall–Kier alpha value is -1.03. The molecule has 2 N–H and O–H groups in total. The summed E-state index contributed by atoms with van der Waals surface area (Å²) in [5.74, 6) is 1.54. The predicted molar refractivity (Wildman–Crippen MR) is 86.2 cm³/mol. The third-order valence-corrected chi connectivity index (χ3v) is 4.08. The lowest BCUT2D eigenvalue weighted by atomic mass is 9.92. The highest BCUT2D eigenvalue weighted by molar-refractivity contribution is 7.10. The lowest BCUT2D eigenvalue weighted by molar-refractivity contribution is 0.545. The molecular weight excluding hydrogens is 254 g/mol. The van der Waals surface area contributed by atoms with Gasteiger partial charge in [0.15, 0.2) is 5.96 Å². The van der Waals surface area contributed by atoms with Crippen molar-refractivity contribution < 1.29 is 0 Å². The Morgan fingerprint density at radius 1 is 1.37 bits per heavy atom. The Kier molecular flexibility index (Phi) is 6.35. The fourth-order valence-corrected chi connectivity index (χ4v) is 2.51. The molecule has 19 heavy (non-hydrogen) atoms. The van der Waals surface area contributed by atoms with Crippen molar-refractivity contribution in [3.05, 3.63) is 22.4 Å². The van der Waals surface area contributed by atoms with E-state index >= 15 is 0 Å². The molecule has 0 saturated carbocycles. The first kappa shape index (κ1) is 16.0. The second kappa shape index (κ2) is 7.53. The van der Waals surface area contributed by atoms with E-state index in [9.17, 15) is 0 Å². The molecule has 1 heterocycles. The van der Waals surface area contributed by atoms with Crippen LogP contribution in [0.4, 0.5) is 0 Å². The molecule has 1 aromatic rings. The van der Waals surface area contributed by atoms with E-state index in [2.05, 4.69) is 62.8 Å². The average molecular weight is 281 g/mol. The Morgan fingerprint density at radius 3 is 2.63 bits per heavy atom. The number of nitrogens with one attached hydrogen (secondary N) is 2. The van der Waals surface area contributed by atoms with Gasteiger partial charge in [-0.2, -0.15) is 0 Å². The van der Waals surface area contributed by atoms with Gasteiger partial charge >= 0.3 is 0 Å². The van der Waals surface area contributed by atoms with E-state index in [1.54, 1.807) is 11.3 Å². The number of hydrogen-bond donors (Lipinski definition) is 2. The van der Waals surface area contributed by atoms with Crippen molar-refractivity contribution in [2.45, 2.75) is 40.0 Å². The average Bonchev–Trinajstić information content (AvgIpc) is 2.87. The van der Waals surface area contributed by atoms with Crippen molar-refractivity contribution in [1.82, 2.24) is 10.6 Å². The normalized spacial score (nSPS) is 12.8. The number of rotatable bonds is 6. The van der Waals surface area contributed by atoms with Gasteiger partial charge in [0.1, 0.15) is 0 Å². The van der Waals surface area contributed by atoms with Gasteiger partial charge in [-0.3, -0.25) is 4.99 Å². The van der Waals surface area contributed by atoms with E-state index in [1.165, 1.54) is 4.88 Å². The largest absolute Gasteiger partial charge is 0.357 e. The minimum absolute atomic E-state index is 0.0916. The fourth-order valence-electron chi connectivity index (χ4n) is 1.66. The molecular formula is C15H27N3S. The van der Waals surface area contributed by atoms with Crippen LogP contribution in [0, 0.1) is 5.92 Å². The van der Waals surface area contributed by atoms with Gasteiger partial charge in [0.2, 0.25) is 0 Å². The molecule has 108 valence electrons. The molecule has 1 aromatic heterocycles. The van der Waals surface area contributed by atoms with Gasteiger partial charge in [-0.05, 0) is 24.3 Å². The maximum atomic E-state index is 4.71. The Balaban J connectivity index is 2.63. The smallest absolute Gasteiger partial charge is 0.191 e. The van der Waals surface area contributed by atoms with Crippen LogP contribution in [0.3, 0.4) is 0 Å². The maximum Gasteiger partial charge on any atom is 0.191 e. The van der Waals surface area contributed by atoms with Crippen molar-refractivity contribution in [3.8, 4) is 0 Å². The van der Waals surface area contributed by atoms with Crippen molar-refractivity contribution in [2.75, 3.05) is 19.6 Å². The molecule has 4 heteroatoms. The van der Waals surface area contributed by atoms with Crippen LogP contribution in [0.25, 0.3) is 0 Å².